The molecule has 0 radical (unpaired) electrons. The zero-order valence-corrected chi connectivity index (χ0v) is 33.6. The van der Waals surface area contributed by atoms with Gasteiger partial charge in [0.2, 0.25) is 5.82 Å². The van der Waals surface area contributed by atoms with Crippen molar-refractivity contribution >= 4 is 64.8 Å². The van der Waals surface area contributed by atoms with E-state index >= 15 is 0 Å². The van der Waals surface area contributed by atoms with Crippen molar-refractivity contribution in [3.8, 4) is 0 Å². The summed E-state index contributed by atoms with van der Waals surface area (Å²) in [6, 6.07) is 61.1. The van der Waals surface area contributed by atoms with Crippen molar-refractivity contribution in [1.82, 2.24) is 0 Å². The molecule has 15 heteroatoms. The van der Waals surface area contributed by atoms with Crippen molar-refractivity contribution < 1.29 is 36.7 Å². The van der Waals surface area contributed by atoms with Gasteiger partial charge in [0.05, 0.1) is 19.5 Å². The van der Waals surface area contributed by atoms with Crippen LogP contribution in [-0.4, -0.2) is 18.5 Å². The fourth-order valence-electron chi connectivity index (χ4n) is 6.57. The van der Waals surface area contributed by atoms with Crippen LogP contribution in [0.1, 0.15) is 5.56 Å². The SMILES string of the molecule is N=C(N)[P+](c1ccccc1)(c1ccccc1)c1ccccc1.N=C(N)[P+](c1ccccc1)(c1ccccc1)c1ccccc1.[O-]B([O-])OCc1c(F)c(F)c(F)c(F)c1F. The Morgan fingerprint density at radius 1 is 0.417 bits per heavy atom. The van der Waals surface area contributed by atoms with Crippen molar-refractivity contribution in [2.75, 3.05) is 0 Å². The van der Waals surface area contributed by atoms with Gasteiger partial charge in [-0.15, -0.1) is 0 Å². The van der Waals surface area contributed by atoms with Gasteiger partial charge in [0.25, 0.3) is 11.2 Å². The number of rotatable bonds is 11. The first kappa shape index (κ1) is 45.0. The third-order valence-corrected chi connectivity index (χ3v) is 17.1. The van der Waals surface area contributed by atoms with Crippen LogP contribution in [0.2, 0.25) is 0 Å². The van der Waals surface area contributed by atoms with Crippen LogP contribution in [0.4, 0.5) is 22.0 Å². The minimum absolute atomic E-state index is 0.232. The summed E-state index contributed by atoms with van der Waals surface area (Å²) in [5.74, 6) is -10.9. The standard InChI is InChI=1S/2C19H18N2P.C7H2BF5O3/c2*20-19(21)22(16-10-4-1-5-11-16,17-12-6-2-7-13-17)18-14-8-3-9-15-18;9-3-2(1-16-8(14)15)4(10)6(12)7(13)5(3)11/h2*1-15H,(H3,20,21);1H2/q2*+1;-2. The maximum atomic E-state index is 12.8. The normalized spacial score (nSPS) is 11.0. The Morgan fingerprint density at radius 2 is 0.617 bits per heavy atom. The highest BCUT2D eigenvalue weighted by Gasteiger charge is 2.50. The molecule has 7 aromatic carbocycles. The maximum absolute atomic E-state index is 12.8. The number of nitrogens with two attached hydrogens (primary N) is 2. The lowest BCUT2D eigenvalue weighted by atomic mass is 10.1. The molecule has 304 valence electrons. The molecule has 0 saturated carbocycles. The van der Waals surface area contributed by atoms with Crippen molar-refractivity contribution in [1.29, 1.82) is 10.8 Å². The molecule has 6 N–H and O–H groups in total. The second kappa shape index (κ2) is 20.8. The first-order chi connectivity index (χ1) is 28.9. The van der Waals surface area contributed by atoms with E-state index in [-0.39, 0.29) is 11.2 Å². The molecular formula is C45H38BF5N4O3P2. The molecule has 0 bridgehead atoms. The van der Waals surface area contributed by atoms with E-state index in [1.54, 1.807) is 0 Å². The average molecular weight is 851 g/mol. The zero-order chi connectivity index (χ0) is 43.3. The summed E-state index contributed by atoms with van der Waals surface area (Å²) in [4.78, 5) is 0. The molecule has 7 rings (SSSR count). The highest BCUT2D eigenvalue weighted by molar-refractivity contribution is 8.08. The predicted molar refractivity (Wildman–Crippen MR) is 231 cm³/mol. The Hall–Kier alpha value is -6.07. The van der Waals surface area contributed by atoms with Crippen LogP contribution < -0.4 is 53.3 Å². The topological polar surface area (TPSA) is 155 Å². The molecule has 0 atom stereocenters. The highest BCUT2D eigenvalue weighted by Crippen LogP contribution is 2.55. The molecule has 0 saturated heterocycles. The summed E-state index contributed by atoms with van der Waals surface area (Å²) in [7, 11) is -7.41. The second-order valence-corrected chi connectivity index (χ2v) is 19.5. The van der Waals surface area contributed by atoms with Gasteiger partial charge < -0.3 is 26.2 Å². The fourth-order valence-corrected chi connectivity index (χ4v) is 13.7. The van der Waals surface area contributed by atoms with Crippen molar-refractivity contribution in [3.63, 3.8) is 0 Å². The second-order valence-electron chi connectivity index (χ2n) is 12.8. The third-order valence-electron chi connectivity index (χ3n) is 9.25. The molecule has 0 aliphatic heterocycles. The number of amidine groups is 2. The lowest BCUT2D eigenvalue weighted by Gasteiger charge is -2.25. The quantitative estimate of drug-likeness (QED) is 0.0263. The van der Waals surface area contributed by atoms with Crippen LogP contribution in [0.3, 0.4) is 0 Å². The Labute approximate surface area is 346 Å². The molecule has 0 aromatic heterocycles. The monoisotopic (exact) mass is 850 g/mol. The van der Waals surface area contributed by atoms with Gasteiger partial charge in [0.1, 0.15) is 31.8 Å². The summed E-state index contributed by atoms with van der Waals surface area (Å²) in [5.41, 5.74) is 11.5. The van der Waals surface area contributed by atoms with E-state index in [9.17, 15) is 32.0 Å². The van der Waals surface area contributed by atoms with Gasteiger partial charge in [-0.3, -0.25) is 10.8 Å². The smallest absolute Gasteiger partial charge is 0.256 e. The first-order valence-corrected chi connectivity index (χ1v) is 21.7. The summed E-state index contributed by atoms with van der Waals surface area (Å²) in [5, 5.41) is 43.3. The van der Waals surface area contributed by atoms with E-state index in [1.165, 1.54) is 0 Å². The van der Waals surface area contributed by atoms with Crippen LogP contribution in [0.25, 0.3) is 0 Å². The van der Waals surface area contributed by atoms with Gasteiger partial charge in [0, 0.05) is 0 Å². The van der Waals surface area contributed by atoms with Crippen molar-refractivity contribution in [3.05, 3.63) is 217 Å². The lowest BCUT2D eigenvalue weighted by molar-refractivity contribution is -0.382. The lowest BCUT2D eigenvalue weighted by Crippen LogP contribution is -2.47. The van der Waals surface area contributed by atoms with E-state index in [0.717, 1.165) is 31.8 Å². The van der Waals surface area contributed by atoms with Crippen molar-refractivity contribution in [2.24, 2.45) is 11.5 Å². The van der Waals surface area contributed by atoms with E-state index in [1.807, 2.05) is 109 Å². The third kappa shape index (κ3) is 9.53. The molecular weight excluding hydrogens is 812 g/mol. The predicted octanol–water partition coefficient (Wildman–Crippen LogP) is 5.35. The average Bonchev–Trinajstić information content (AvgIpc) is 3.28. The van der Waals surface area contributed by atoms with E-state index < -0.39 is 63.1 Å². The van der Waals surface area contributed by atoms with Gasteiger partial charge in [-0.05, 0) is 72.8 Å². The Bertz CT molecular complexity index is 2130. The number of nitrogens with one attached hydrogen (secondary N) is 2. The van der Waals surface area contributed by atoms with Crippen LogP contribution in [0, 0.1) is 39.9 Å². The zero-order valence-electron chi connectivity index (χ0n) is 31.8. The summed E-state index contributed by atoms with van der Waals surface area (Å²) in [6.07, 6.45) is 0. The minimum atomic E-state index is -2.88. The Morgan fingerprint density at radius 3 is 0.800 bits per heavy atom. The molecule has 7 aromatic rings. The molecule has 0 unspecified atom stereocenters. The number of benzene rings is 7. The molecule has 0 aliphatic carbocycles. The first-order valence-electron chi connectivity index (χ1n) is 18.1. The summed E-state index contributed by atoms with van der Waals surface area (Å²) < 4.78 is 67.0. The molecule has 0 aliphatic rings. The van der Waals surface area contributed by atoms with Crippen LogP contribution >= 0.6 is 14.5 Å². The van der Waals surface area contributed by atoms with Gasteiger partial charge >= 0.3 is 0 Å². The van der Waals surface area contributed by atoms with Crippen LogP contribution in [0.5, 0.6) is 0 Å². The fraction of sp³-hybridized carbons (Fsp3) is 0.0222. The molecule has 0 amide bonds. The molecule has 0 spiro atoms. The van der Waals surface area contributed by atoms with Gasteiger partial charge in [0.15, 0.2) is 37.8 Å². The molecule has 0 heterocycles. The highest BCUT2D eigenvalue weighted by atomic mass is 31.2. The molecule has 60 heavy (non-hydrogen) atoms. The van der Waals surface area contributed by atoms with E-state index in [2.05, 4.69) is 77.5 Å². The summed E-state index contributed by atoms with van der Waals surface area (Å²) >= 11 is 0. The van der Waals surface area contributed by atoms with E-state index in [4.69, 9.17) is 22.3 Å². The summed E-state index contributed by atoms with van der Waals surface area (Å²) in [6.45, 7) is -1.29. The number of halogens is 5. The maximum Gasteiger partial charge on any atom is 0.256 e. The Balaban J connectivity index is 0.000000174. The largest absolute Gasteiger partial charge is 0.871 e. The molecule has 7 nitrogen and oxygen atoms in total. The van der Waals surface area contributed by atoms with Crippen LogP contribution in [0.15, 0.2) is 182 Å². The number of hydrogen-bond acceptors (Lipinski definition) is 5. The van der Waals surface area contributed by atoms with E-state index in [0.29, 0.717) is 0 Å². The Kier molecular flexibility index (Phi) is 15.6. The minimum Gasteiger partial charge on any atom is -0.871 e. The van der Waals surface area contributed by atoms with Gasteiger partial charge in [-0.1, -0.05) is 109 Å². The van der Waals surface area contributed by atoms with Gasteiger partial charge in [-0.25, -0.2) is 22.0 Å². The van der Waals surface area contributed by atoms with Gasteiger partial charge in [-0.2, -0.15) is 0 Å². The van der Waals surface area contributed by atoms with Crippen molar-refractivity contribution in [2.45, 2.75) is 6.61 Å². The number of hydrogen-bond donors (Lipinski definition) is 4. The molecule has 0 fully saturated rings. The van der Waals surface area contributed by atoms with Crippen LogP contribution in [-0.2, 0) is 11.3 Å².